The van der Waals surface area contributed by atoms with Gasteiger partial charge in [0, 0.05) is 34.9 Å². The fourth-order valence-electron chi connectivity index (χ4n) is 4.28. The highest BCUT2D eigenvalue weighted by molar-refractivity contribution is 5.86. The molecule has 2 heteroatoms. The van der Waals surface area contributed by atoms with Crippen LogP contribution in [0.2, 0.25) is 0 Å². The van der Waals surface area contributed by atoms with Gasteiger partial charge >= 0.3 is 0 Å². The van der Waals surface area contributed by atoms with Gasteiger partial charge in [-0.25, -0.2) is 0 Å². The highest BCUT2D eigenvalue weighted by atomic mass is 15.0. The molecule has 1 aliphatic carbocycles. The first-order valence-corrected chi connectivity index (χ1v) is 10.5. The van der Waals surface area contributed by atoms with Crippen molar-refractivity contribution >= 4 is 16.6 Å². The summed E-state index contributed by atoms with van der Waals surface area (Å²) >= 11 is 0. The smallest absolute Gasteiger partial charge is 0.0488 e. The molecule has 0 fully saturated rings. The summed E-state index contributed by atoms with van der Waals surface area (Å²) in [5.74, 6) is 0. The highest BCUT2D eigenvalue weighted by Crippen LogP contribution is 2.33. The predicted molar refractivity (Wildman–Crippen MR) is 121 cm³/mol. The molecule has 0 bridgehead atoms. The summed E-state index contributed by atoms with van der Waals surface area (Å²) in [5.41, 5.74) is 6.96. The van der Waals surface area contributed by atoms with Crippen molar-refractivity contribution in [1.29, 1.82) is 0 Å². The Labute approximate surface area is 168 Å². The van der Waals surface area contributed by atoms with Gasteiger partial charge in [-0.15, -0.1) is 0 Å². The Bertz CT molecular complexity index is 989. The Morgan fingerprint density at radius 3 is 2.64 bits per heavy atom. The summed E-state index contributed by atoms with van der Waals surface area (Å²) in [6.45, 7) is 5.25. The van der Waals surface area contributed by atoms with E-state index in [0.29, 0.717) is 6.04 Å². The number of hydrogen-bond donors (Lipinski definition) is 1. The fourth-order valence-corrected chi connectivity index (χ4v) is 4.28. The molecule has 3 aromatic rings. The summed E-state index contributed by atoms with van der Waals surface area (Å²) in [6.07, 6.45) is 13.3. The number of para-hydroxylation sites is 1. The number of nitrogens with zero attached hydrogens (tertiary/aromatic N) is 1. The summed E-state index contributed by atoms with van der Waals surface area (Å²) in [6, 6.07) is 18.1. The Morgan fingerprint density at radius 2 is 1.82 bits per heavy atom. The average molecular weight is 371 g/mol. The molecule has 0 aliphatic heterocycles. The SMILES string of the molecule is CC/C=C\C=C/Cn1c2c(c3ccccc31)CC(Nc1ccc(C)cc1)CC2. The number of aromatic nitrogens is 1. The van der Waals surface area contributed by atoms with E-state index in [0.717, 1.165) is 25.8 Å². The van der Waals surface area contributed by atoms with Crippen LogP contribution in [0, 0.1) is 6.92 Å². The quantitative estimate of drug-likeness (QED) is 0.494. The van der Waals surface area contributed by atoms with E-state index in [9.17, 15) is 0 Å². The first kappa shape index (κ1) is 18.6. The number of allylic oxidation sites excluding steroid dienone is 4. The Morgan fingerprint density at radius 1 is 1.04 bits per heavy atom. The second-order valence-electron chi connectivity index (χ2n) is 7.77. The normalized spacial score (nSPS) is 16.9. The molecule has 1 atom stereocenters. The van der Waals surface area contributed by atoms with Crippen LogP contribution in [0.15, 0.2) is 72.8 Å². The maximum atomic E-state index is 3.76. The summed E-state index contributed by atoms with van der Waals surface area (Å²) in [5, 5.41) is 5.18. The zero-order chi connectivity index (χ0) is 19.3. The van der Waals surface area contributed by atoms with Gasteiger partial charge in [0.2, 0.25) is 0 Å². The van der Waals surface area contributed by atoms with E-state index in [1.807, 2.05) is 0 Å². The van der Waals surface area contributed by atoms with Gasteiger partial charge in [-0.1, -0.05) is 67.1 Å². The number of rotatable bonds is 6. The van der Waals surface area contributed by atoms with E-state index in [1.54, 1.807) is 0 Å². The first-order valence-electron chi connectivity index (χ1n) is 10.5. The molecular weight excluding hydrogens is 340 g/mol. The van der Waals surface area contributed by atoms with Crippen molar-refractivity contribution in [2.45, 2.75) is 52.1 Å². The molecule has 1 aromatic heterocycles. The molecule has 1 N–H and O–H groups in total. The second-order valence-corrected chi connectivity index (χ2v) is 7.77. The van der Waals surface area contributed by atoms with Gasteiger partial charge in [-0.05, 0) is 56.4 Å². The van der Waals surface area contributed by atoms with Gasteiger partial charge in [-0.3, -0.25) is 0 Å². The van der Waals surface area contributed by atoms with Crippen molar-refractivity contribution in [3.8, 4) is 0 Å². The average Bonchev–Trinajstić information content (AvgIpc) is 3.03. The predicted octanol–water partition coefficient (Wildman–Crippen LogP) is 6.44. The van der Waals surface area contributed by atoms with Gasteiger partial charge in [0.05, 0.1) is 0 Å². The third kappa shape index (κ3) is 3.91. The molecule has 0 spiro atoms. The van der Waals surface area contributed by atoms with Crippen LogP contribution in [-0.4, -0.2) is 10.6 Å². The van der Waals surface area contributed by atoms with Crippen LogP contribution in [0.3, 0.4) is 0 Å². The molecule has 2 aromatic carbocycles. The largest absolute Gasteiger partial charge is 0.382 e. The number of aryl methyl sites for hydroxylation is 1. The van der Waals surface area contributed by atoms with Crippen molar-refractivity contribution in [3.63, 3.8) is 0 Å². The number of anilines is 1. The number of hydrogen-bond acceptors (Lipinski definition) is 1. The molecule has 4 rings (SSSR count). The van der Waals surface area contributed by atoms with E-state index in [-0.39, 0.29) is 0 Å². The van der Waals surface area contributed by atoms with Crippen LogP contribution in [0.4, 0.5) is 5.69 Å². The zero-order valence-electron chi connectivity index (χ0n) is 17.0. The Balaban J connectivity index is 1.59. The lowest BCUT2D eigenvalue weighted by atomic mass is 9.91. The van der Waals surface area contributed by atoms with Gasteiger partial charge in [0.1, 0.15) is 0 Å². The van der Waals surface area contributed by atoms with Crippen LogP contribution in [0.1, 0.15) is 36.6 Å². The minimum absolute atomic E-state index is 0.498. The van der Waals surface area contributed by atoms with Gasteiger partial charge in [0.25, 0.3) is 0 Å². The standard InChI is InChI=1S/C26H30N2/c1-3-4-5-6-9-18-28-25-11-8-7-10-23(25)24-19-22(16-17-26(24)28)27-21-14-12-20(2)13-15-21/h4-15,22,27H,3,16-19H2,1-2H3/b5-4-,9-6-. The van der Waals surface area contributed by atoms with Gasteiger partial charge in [-0.2, -0.15) is 0 Å². The lowest BCUT2D eigenvalue weighted by Crippen LogP contribution is -2.27. The number of benzene rings is 2. The third-order valence-electron chi connectivity index (χ3n) is 5.70. The van der Waals surface area contributed by atoms with Gasteiger partial charge in [0.15, 0.2) is 0 Å². The minimum atomic E-state index is 0.498. The first-order chi connectivity index (χ1) is 13.8. The molecule has 28 heavy (non-hydrogen) atoms. The van der Waals surface area contributed by atoms with E-state index in [4.69, 9.17) is 0 Å². The van der Waals surface area contributed by atoms with Crippen molar-refractivity contribution in [2.24, 2.45) is 0 Å². The fraction of sp³-hybridized carbons (Fsp3) is 0.308. The van der Waals surface area contributed by atoms with Crippen molar-refractivity contribution in [1.82, 2.24) is 4.57 Å². The molecular formula is C26H30N2. The van der Waals surface area contributed by atoms with Gasteiger partial charge < -0.3 is 9.88 Å². The Hall–Kier alpha value is -2.74. The summed E-state index contributed by atoms with van der Waals surface area (Å²) in [4.78, 5) is 0. The third-order valence-corrected chi connectivity index (χ3v) is 5.70. The van der Waals surface area contributed by atoms with Crippen molar-refractivity contribution in [3.05, 3.63) is 89.7 Å². The second kappa shape index (κ2) is 8.52. The monoisotopic (exact) mass is 370 g/mol. The number of nitrogens with one attached hydrogen (secondary N) is 1. The molecule has 2 nitrogen and oxygen atoms in total. The molecule has 0 amide bonds. The molecule has 0 radical (unpaired) electrons. The molecule has 0 saturated carbocycles. The van der Waals surface area contributed by atoms with E-state index in [1.165, 1.54) is 39.8 Å². The molecule has 1 heterocycles. The number of fused-ring (bicyclic) bond motifs is 3. The summed E-state index contributed by atoms with van der Waals surface area (Å²) in [7, 11) is 0. The van der Waals surface area contributed by atoms with Crippen molar-refractivity contribution < 1.29 is 0 Å². The lowest BCUT2D eigenvalue weighted by Gasteiger charge is -2.26. The van der Waals surface area contributed by atoms with Crippen LogP contribution in [0.25, 0.3) is 10.9 Å². The lowest BCUT2D eigenvalue weighted by molar-refractivity contribution is 0.586. The van der Waals surface area contributed by atoms with E-state index >= 15 is 0 Å². The maximum Gasteiger partial charge on any atom is 0.0488 e. The zero-order valence-corrected chi connectivity index (χ0v) is 17.0. The minimum Gasteiger partial charge on any atom is -0.382 e. The van der Waals surface area contributed by atoms with E-state index < -0.39 is 0 Å². The van der Waals surface area contributed by atoms with Crippen LogP contribution in [0.5, 0.6) is 0 Å². The van der Waals surface area contributed by atoms with E-state index in [2.05, 4.69) is 96.6 Å². The highest BCUT2D eigenvalue weighted by Gasteiger charge is 2.24. The maximum absolute atomic E-state index is 3.76. The molecule has 1 unspecified atom stereocenters. The Kier molecular flexibility index (Phi) is 5.66. The van der Waals surface area contributed by atoms with Crippen LogP contribution >= 0.6 is 0 Å². The van der Waals surface area contributed by atoms with Crippen LogP contribution in [-0.2, 0) is 19.4 Å². The van der Waals surface area contributed by atoms with Crippen LogP contribution < -0.4 is 5.32 Å². The van der Waals surface area contributed by atoms with Crippen molar-refractivity contribution in [2.75, 3.05) is 5.32 Å². The molecule has 1 aliphatic rings. The molecule has 0 saturated heterocycles. The summed E-state index contributed by atoms with van der Waals surface area (Å²) < 4.78 is 2.52. The molecule has 144 valence electrons. The topological polar surface area (TPSA) is 17.0 Å².